The van der Waals surface area contributed by atoms with Gasteiger partial charge in [-0.25, -0.2) is 0 Å². The van der Waals surface area contributed by atoms with E-state index in [1.165, 1.54) is 0 Å². The van der Waals surface area contributed by atoms with E-state index < -0.39 is 24.7 Å². The molecule has 1 rings (SSSR count). The molecule has 8 heteroatoms. The van der Waals surface area contributed by atoms with Crippen LogP contribution in [0.4, 0.5) is 13.2 Å². The van der Waals surface area contributed by atoms with Crippen molar-refractivity contribution >= 4 is 5.91 Å². The number of alkyl halides is 3. The molecule has 0 saturated carbocycles. The number of hydrogen-bond acceptors (Lipinski definition) is 4. The molecular formula is C15H28F3N3O2. The number of aliphatic hydroxyl groups excluding tert-OH is 1. The molecule has 2 atom stereocenters. The van der Waals surface area contributed by atoms with Gasteiger partial charge in [0.25, 0.3) is 0 Å². The molecule has 0 unspecified atom stereocenters. The number of nitrogens with zero attached hydrogens (tertiary/aromatic N) is 2. The van der Waals surface area contributed by atoms with E-state index in [0.29, 0.717) is 19.0 Å². The van der Waals surface area contributed by atoms with Gasteiger partial charge in [-0.3, -0.25) is 9.69 Å². The van der Waals surface area contributed by atoms with Crippen LogP contribution in [-0.2, 0) is 4.79 Å². The lowest BCUT2D eigenvalue weighted by atomic mass is 9.95. The lowest BCUT2D eigenvalue weighted by Crippen LogP contribution is -2.48. The van der Waals surface area contributed by atoms with Crippen LogP contribution >= 0.6 is 0 Å². The van der Waals surface area contributed by atoms with Crippen LogP contribution in [0.2, 0.25) is 0 Å². The summed E-state index contributed by atoms with van der Waals surface area (Å²) >= 11 is 0. The predicted molar refractivity (Wildman–Crippen MR) is 82.0 cm³/mol. The molecule has 0 spiro atoms. The van der Waals surface area contributed by atoms with Crippen LogP contribution in [0.1, 0.15) is 26.7 Å². The highest BCUT2D eigenvalue weighted by atomic mass is 19.4. The Bertz CT molecular complexity index is 369. The molecule has 0 aliphatic carbocycles. The Morgan fingerprint density at radius 1 is 1.35 bits per heavy atom. The third-order valence-electron chi connectivity index (χ3n) is 4.28. The number of amides is 1. The van der Waals surface area contributed by atoms with E-state index in [4.69, 9.17) is 0 Å². The van der Waals surface area contributed by atoms with Gasteiger partial charge in [0.15, 0.2) is 0 Å². The highest BCUT2D eigenvalue weighted by Crippen LogP contribution is 2.19. The van der Waals surface area contributed by atoms with E-state index in [0.717, 1.165) is 25.9 Å². The second-order valence-electron chi connectivity index (χ2n) is 6.54. The van der Waals surface area contributed by atoms with Crippen molar-refractivity contribution in [2.24, 2.45) is 5.92 Å². The number of likely N-dealkylation sites (N-methyl/N-ethyl adjacent to an activating group) is 1. The summed E-state index contributed by atoms with van der Waals surface area (Å²) in [6, 6.07) is -0.590. The monoisotopic (exact) mass is 339 g/mol. The molecule has 23 heavy (non-hydrogen) atoms. The summed E-state index contributed by atoms with van der Waals surface area (Å²) < 4.78 is 36.4. The summed E-state index contributed by atoms with van der Waals surface area (Å²) in [4.78, 5) is 15.8. The Labute approximate surface area is 135 Å². The van der Waals surface area contributed by atoms with Crippen molar-refractivity contribution in [1.82, 2.24) is 15.1 Å². The zero-order valence-corrected chi connectivity index (χ0v) is 14.1. The van der Waals surface area contributed by atoms with Crippen LogP contribution in [0.5, 0.6) is 0 Å². The van der Waals surface area contributed by atoms with E-state index in [2.05, 4.69) is 4.90 Å². The zero-order chi connectivity index (χ0) is 17.6. The van der Waals surface area contributed by atoms with Gasteiger partial charge in [0.2, 0.25) is 5.91 Å². The van der Waals surface area contributed by atoms with Crippen LogP contribution in [0.3, 0.4) is 0 Å². The normalized spacial score (nSPS) is 20.5. The van der Waals surface area contributed by atoms with Gasteiger partial charge >= 0.3 is 6.18 Å². The fraction of sp³-hybridized carbons (Fsp3) is 0.933. The minimum absolute atomic E-state index is 0.341. The lowest BCUT2D eigenvalue weighted by Gasteiger charge is -2.35. The average molecular weight is 339 g/mol. The quantitative estimate of drug-likeness (QED) is 0.729. The average Bonchev–Trinajstić information content (AvgIpc) is 2.44. The molecule has 2 N–H and O–H groups in total. The van der Waals surface area contributed by atoms with E-state index in [9.17, 15) is 23.1 Å². The number of hydrogen-bond donors (Lipinski definition) is 2. The zero-order valence-electron chi connectivity index (χ0n) is 14.1. The smallest absolute Gasteiger partial charge is 0.392 e. The fourth-order valence-corrected chi connectivity index (χ4v) is 2.83. The van der Waals surface area contributed by atoms with Gasteiger partial charge in [0.1, 0.15) is 6.54 Å². The summed E-state index contributed by atoms with van der Waals surface area (Å²) in [7, 11) is 1.76. The van der Waals surface area contributed by atoms with Gasteiger partial charge < -0.3 is 15.3 Å². The highest BCUT2D eigenvalue weighted by Gasteiger charge is 2.30. The Morgan fingerprint density at radius 2 is 1.91 bits per heavy atom. The number of aliphatic hydroxyl groups is 1. The molecule has 1 fully saturated rings. The van der Waals surface area contributed by atoms with Crippen LogP contribution in [0.25, 0.3) is 0 Å². The van der Waals surface area contributed by atoms with Gasteiger partial charge in [0.05, 0.1) is 12.1 Å². The first kappa shape index (κ1) is 20.2. The van der Waals surface area contributed by atoms with Crippen LogP contribution < -0.4 is 5.32 Å². The molecule has 5 nitrogen and oxygen atoms in total. The van der Waals surface area contributed by atoms with Crippen molar-refractivity contribution in [3.05, 3.63) is 0 Å². The highest BCUT2D eigenvalue weighted by molar-refractivity contribution is 5.81. The number of rotatable bonds is 7. The van der Waals surface area contributed by atoms with Crippen LogP contribution in [0, 0.1) is 5.92 Å². The van der Waals surface area contributed by atoms with Gasteiger partial charge in [-0.1, -0.05) is 0 Å². The Balaban J connectivity index is 2.32. The Kier molecular flexibility index (Phi) is 7.76. The third-order valence-corrected chi connectivity index (χ3v) is 4.28. The standard InChI is InChI=1S/C15H28F3N3O2/c1-11(22)8-21-6-4-13(5-7-21)9-20(3)12(2)14(23)19-10-15(16,17)18/h11-13,22H,4-10H2,1-3H3,(H,19,23)/t11-,12+/m1/s1. The Morgan fingerprint density at radius 3 is 2.39 bits per heavy atom. The minimum Gasteiger partial charge on any atom is -0.392 e. The van der Waals surface area contributed by atoms with Crippen LogP contribution in [0.15, 0.2) is 0 Å². The molecule has 1 amide bonds. The number of carbonyl (C=O) groups is 1. The van der Waals surface area contributed by atoms with E-state index >= 15 is 0 Å². The van der Waals surface area contributed by atoms with Crippen molar-refractivity contribution < 1.29 is 23.1 Å². The number of likely N-dealkylation sites (tertiary alicyclic amines) is 1. The number of halogens is 3. The lowest BCUT2D eigenvalue weighted by molar-refractivity contribution is -0.141. The van der Waals surface area contributed by atoms with Crippen molar-refractivity contribution in [3.8, 4) is 0 Å². The van der Waals surface area contributed by atoms with E-state index in [1.807, 2.05) is 5.32 Å². The van der Waals surface area contributed by atoms with Crippen molar-refractivity contribution in [2.45, 2.75) is 45.0 Å². The number of β-amino-alcohol motifs (C(OH)–C–C–N with tert-alkyl or cyclic N) is 1. The van der Waals surface area contributed by atoms with Gasteiger partial charge in [0, 0.05) is 13.1 Å². The third kappa shape index (κ3) is 7.99. The molecule has 0 aromatic carbocycles. The summed E-state index contributed by atoms with van der Waals surface area (Å²) in [6.45, 7) is 5.25. The van der Waals surface area contributed by atoms with Gasteiger partial charge in [-0.2, -0.15) is 13.2 Å². The molecule has 0 radical (unpaired) electrons. The second kappa shape index (κ2) is 8.84. The predicted octanol–water partition coefficient (Wildman–Crippen LogP) is 1.08. The molecule has 1 heterocycles. The summed E-state index contributed by atoms with van der Waals surface area (Å²) in [5.41, 5.74) is 0. The maximum Gasteiger partial charge on any atom is 0.405 e. The molecule has 0 aromatic heterocycles. The summed E-state index contributed by atoms with van der Waals surface area (Å²) in [5, 5.41) is 11.3. The maximum atomic E-state index is 12.1. The van der Waals surface area contributed by atoms with Crippen molar-refractivity contribution in [2.75, 3.05) is 39.8 Å². The maximum absolute atomic E-state index is 12.1. The molecule has 0 bridgehead atoms. The summed E-state index contributed by atoms with van der Waals surface area (Å²) in [6.07, 6.45) is -2.79. The first-order valence-corrected chi connectivity index (χ1v) is 8.03. The fourth-order valence-electron chi connectivity index (χ4n) is 2.83. The van der Waals surface area contributed by atoms with Crippen molar-refractivity contribution in [1.29, 1.82) is 0 Å². The first-order chi connectivity index (χ1) is 10.6. The Hall–Kier alpha value is -0.860. The second-order valence-corrected chi connectivity index (χ2v) is 6.54. The molecule has 1 saturated heterocycles. The molecule has 1 aliphatic rings. The largest absolute Gasteiger partial charge is 0.405 e. The molecule has 1 aliphatic heterocycles. The number of piperidine rings is 1. The van der Waals surface area contributed by atoms with E-state index in [1.54, 1.807) is 25.8 Å². The first-order valence-electron chi connectivity index (χ1n) is 8.03. The van der Waals surface area contributed by atoms with Gasteiger partial charge in [-0.05, 0) is 52.7 Å². The number of nitrogens with one attached hydrogen (secondary N) is 1. The van der Waals surface area contributed by atoms with Gasteiger partial charge in [-0.15, -0.1) is 0 Å². The molecular weight excluding hydrogens is 311 g/mol. The van der Waals surface area contributed by atoms with E-state index in [-0.39, 0.29) is 6.10 Å². The minimum atomic E-state index is -4.38. The summed E-state index contributed by atoms with van der Waals surface area (Å²) in [5.74, 6) is -0.181. The number of carbonyl (C=O) groups excluding carboxylic acids is 1. The molecule has 136 valence electrons. The van der Waals surface area contributed by atoms with Crippen molar-refractivity contribution in [3.63, 3.8) is 0 Å². The molecule has 0 aromatic rings. The topological polar surface area (TPSA) is 55.8 Å². The van der Waals surface area contributed by atoms with Crippen LogP contribution in [-0.4, -0.2) is 78.9 Å². The SMILES string of the molecule is C[C@@H](O)CN1CCC(CN(C)[C@@H](C)C(=O)NCC(F)(F)F)CC1.